The molecule has 0 aromatic heterocycles. The van der Waals surface area contributed by atoms with Gasteiger partial charge >= 0.3 is 0 Å². The van der Waals surface area contributed by atoms with Crippen molar-refractivity contribution >= 4 is 17.6 Å². The van der Waals surface area contributed by atoms with E-state index in [1.165, 1.54) is 5.56 Å². The smallest absolute Gasteiger partial charge is 0.123 e. The predicted octanol–water partition coefficient (Wildman–Crippen LogP) is 2.78. The first kappa shape index (κ1) is 11.1. The SMILES string of the molecule is CCCSc1cc(C)ccc1C(=N)N. The maximum Gasteiger partial charge on any atom is 0.123 e. The van der Waals surface area contributed by atoms with Gasteiger partial charge < -0.3 is 5.73 Å². The lowest BCUT2D eigenvalue weighted by Gasteiger charge is -2.08. The molecule has 0 heterocycles. The van der Waals surface area contributed by atoms with Gasteiger partial charge in [0, 0.05) is 10.5 Å². The summed E-state index contributed by atoms with van der Waals surface area (Å²) in [5.41, 5.74) is 7.58. The fourth-order valence-electron chi connectivity index (χ4n) is 1.18. The fraction of sp³-hybridized carbons (Fsp3) is 0.364. The largest absolute Gasteiger partial charge is 0.384 e. The topological polar surface area (TPSA) is 49.9 Å². The standard InChI is InChI=1S/C11H16N2S/c1-3-6-14-10-7-8(2)4-5-9(10)11(12)13/h4-5,7H,3,6H2,1-2H3,(H3,12,13). The molecule has 1 rings (SSSR count). The molecule has 0 saturated carbocycles. The summed E-state index contributed by atoms with van der Waals surface area (Å²) in [6.45, 7) is 4.20. The van der Waals surface area contributed by atoms with Gasteiger partial charge in [0.1, 0.15) is 5.84 Å². The van der Waals surface area contributed by atoms with E-state index in [1.54, 1.807) is 11.8 Å². The third kappa shape index (κ3) is 2.77. The molecule has 3 heteroatoms. The van der Waals surface area contributed by atoms with Gasteiger partial charge in [-0.1, -0.05) is 13.0 Å². The van der Waals surface area contributed by atoms with Crippen molar-refractivity contribution in [1.82, 2.24) is 0 Å². The summed E-state index contributed by atoms with van der Waals surface area (Å²) < 4.78 is 0. The molecule has 1 aromatic rings. The lowest BCUT2D eigenvalue weighted by molar-refractivity contribution is 1.10. The van der Waals surface area contributed by atoms with Crippen molar-refractivity contribution < 1.29 is 0 Å². The molecule has 14 heavy (non-hydrogen) atoms. The molecule has 3 N–H and O–H groups in total. The molecule has 0 spiro atoms. The molecule has 1 aromatic carbocycles. The van der Waals surface area contributed by atoms with Gasteiger partial charge in [0.05, 0.1) is 0 Å². The Kier molecular flexibility index (Phi) is 4.01. The molecule has 0 aliphatic rings. The molecular weight excluding hydrogens is 192 g/mol. The Balaban J connectivity index is 2.97. The predicted molar refractivity (Wildman–Crippen MR) is 63.2 cm³/mol. The van der Waals surface area contributed by atoms with Crippen LogP contribution in [0.4, 0.5) is 0 Å². The number of nitrogen functional groups attached to an aromatic ring is 1. The molecule has 76 valence electrons. The number of nitrogens with one attached hydrogen (secondary N) is 1. The zero-order valence-corrected chi connectivity index (χ0v) is 9.45. The Morgan fingerprint density at radius 1 is 1.50 bits per heavy atom. The molecule has 0 aliphatic heterocycles. The number of rotatable bonds is 4. The number of amidine groups is 1. The Hall–Kier alpha value is -0.960. The highest BCUT2D eigenvalue weighted by atomic mass is 32.2. The summed E-state index contributed by atoms with van der Waals surface area (Å²) in [6, 6.07) is 6.01. The molecule has 0 amide bonds. The Bertz CT molecular complexity index is 334. The second-order valence-electron chi connectivity index (χ2n) is 3.26. The zero-order valence-electron chi connectivity index (χ0n) is 8.63. The van der Waals surface area contributed by atoms with Crippen molar-refractivity contribution in [3.63, 3.8) is 0 Å². The van der Waals surface area contributed by atoms with E-state index in [2.05, 4.69) is 19.9 Å². The molecular formula is C11H16N2S. The molecule has 0 saturated heterocycles. The van der Waals surface area contributed by atoms with E-state index < -0.39 is 0 Å². The van der Waals surface area contributed by atoms with Crippen molar-refractivity contribution in [1.29, 1.82) is 5.41 Å². The molecule has 0 radical (unpaired) electrons. The summed E-state index contributed by atoms with van der Waals surface area (Å²) in [5.74, 6) is 1.23. The summed E-state index contributed by atoms with van der Waals surface area (Å²) in [7, 11) is 0. The van der Waals surface area contributed by atoms with Crippen LogP contribution < -0.4 is 5.73 Å². The summed E-state index contributed by atoms with van der Waals surface area (Å²) in [4.78, 5) is 1.12. The molecule has 0 bridgehead atoms. The number of benzene rings is 1. The summed E-state index contributed by atoms with van der Waals surface area (Å²) in [5, 5.41) is 7.45. The van der Waals surface area contributed by atoms with Crippen LogP contribution in [0.5, 0.6) is 0 Å². The molecule has 0 fully saturated rings. The van der Waals surface area contributed by atoms with Crippen LogP contribution >= 0.6 is 11.8 Å². The van der Waals surface area contributed by atoms with Gasteiger partial charge in [-0.05, 0) is 36.8 Å². The van der Waals surface area contributed by atoms with Crippen LogP contribution in [0.2, 0.25) is 0 Å². The van der Waals surface area contributed by atoms with Crippen LogP contribution in [-0.4, -0.2) is 11.6 Å². The van der Waals surface area contributed by atoms with Crippen molar-refractivity contribution in [3.8, 4) is 0 Å². The molecule has 2 nitrogen and oxygen atoms in total. The highest BCUT2D eigenvalue weighted by molar-refractivity contribution is 7.99. The van der Waals surface area contributed by atoms with Gasteiger partial charge in [-0.2, -0.15) is 0 Å². The lowest BCUT2D eigenvalue weighted by Crippen LogP contribution is -2.12. The van der Waals surface area contributed by atoms with E-state index >= 15 is 0 Å². The van der Waals surface area contributed by atoms with Gasteiger partial charge in [0.2, 0.25) is 0 Å². The van der Waals surface area contributed by atoms with Crippen LogP contribution in [0.25, 0.3) is 0 Å². The second kappa shape index (κ2) is 5.05. The van der Waals surface area contributed by atoms with Crippen LogP contribution in [-0.2, 0) is 0 Å². The molecule has 0 atom stereocenters. The second-order valence-corrected chi connectivity index (χ2v) is 4.40. The van der Waals surface area contributed by atoms with Gasteiger partial charge in [-0.25, -0.2) is 0 Å². The van der Waals surface area contributed by atoms with Crippen molar-refractivity contribution in [2.24, 2.45) is 5.73 Å². The molecule has 0 unspecified atom stereocenters. The minimum atomic E-state index is 0.156. The van der Waals surface area contributed by atoms with Crippen LogP contribution in [0.3, 0.4) is 0 Å². The van der Waals surface area contributed by atoms with Gasteiger partial charge in [0.25, 0.3) is 0 Å². The first-order valence-corrected chi connectivity index (χ1v) is 5.71. The fourth-order valence-corrected chi connectivity index (χ4v) is 2.21. The maximum atomic E-state index is 7.45. The Morgan fingerprint density at radius 3 is 2.79 bits per heavy atom. The highest BCUT2D eigenvalue weighted by Gasteiger charge is 2.05. The lowest BCUT2D eigenvalue weighted by atomic mass is 10.1. The number of hydrogen-bond donors (Lipinski definition) is 2. The number of thioether (sulfide) groups is 1. The van der Waals surface area contributed by atoms with E-state index in [-0.39, 0.29) is 5.84 Å². The normalized spacial score (nSPS) is 10.1. The number of nitrogens with two attached hydrogens (primary N) is 1. The van der Waals surface area contributed by atoms with E-state index in [0.29, 0.717) is 0 Å². The van der Waals surface area contributed by atoms with E-state index in [1.807, 2.05) is 12.1 Å². The van der Waals surface area contributed by atoms with Crippen molar-refractivity contribution in [3.05, 3.63) is 29.3 Å². The quantitative estimate of drug-likeness (QED) is 0.454. The Labute approximate surface area is 89.4 Å². The Morgan fingerprint density at radius 2 is 2.21 bits per heavy atom. The first-order chi connectivity index (χ1) is 6.65. The monoisotopic (exact) mass is 208 g/mol. The number of aryl methyl sites for hydroxylation is 1. The van der Waals surface area contributed by atoms with Crippen molar-refractivity contribution in [2.45, 2.75) is 25.2 Å². The van der Waals surface area contributed by atoms with Crippen LogP contribution in [0, 0.1) is 12.3 Å². The van der Waals surface area contributed by atoms with Gasteiger partial charge in [-0.15, -0.1) is 11.8 Å². The maximum absolute atomic E-state index is 7.45. The van der Waals surface area contributed by atoms with Gasteiger partial charge in [0.15, 0.2) is 0 Å². The van der Waals surface area contributed by atoms with E-state index in [9.17, 15) is 0 Å². The third-order valence-corrected chi connectivity index (χ3v) is 3.15. The van der Waals surface area contributed by atoms with Crippen molar-refractivity contribution in [2.75, 3.05) is 5.75 Å². The average molecular weight is 208 g/mol. The first-order valence-electron chi connectivity index (χ1n) is 4.73. The van der Waals surface area contributed by atoms with Gasteiger partial charge in [-0.3, -0.25) is 5.41 Å². The highest BCUT2D eigenvalue weighted by Crippen LogP contribution is 2.24. The summed E-state index contributed by atoms with van der Waals surface area (Å²) >= 11 is 1.77. The van der Waals surface area contributed by atoms with E-state index in [4.69, 9.17) is 11.1 Å². The van der Waals surface area contributed by atoms with E-state index in [0.717, 1.165) is 22.6 Å². The zero-order chi connectivity index (χ0) is 10.6. The molecule has 0 aliphatic carbocycles. The third-order valence-electron chi connectivity index (χ3n) is 1.89. The van der Waals surface area contributed by atoms with Crippen LogP contribution in [0.15, 0.2) is 23.1 Å². The minimum Gasteiger partial charge on any atom is -0.384 e. The van der Waals surface area contributed by atoms with Crippen LogP contribution in [0.1, 0.15) is 24.5 Å². The average Bonchev–Trinajstić information content (AvgIpc) is 2.14. The number of hydrogen-bond acceptors (Lipinski definition) is 2. The summed E-state index contributed by atoms with van der Waals surface area (Å²) in [6.07, 6.45) is 1.13. The minimum absolute atomic E-state index is 0.156.